The van der Waals surface area contributed by atoms with Gasteiger partial charge in [0, 0.05) is 18.1 Å². The van der Waals surface area contributed by atoms with Crippen LogP contribution in [0, 0.1) is 10.1 Å². The molecule has 2 aromatic rings. The molecule has 0 fully saturated rings. The van der Waals surface area contributed by atoms with Crippen LogP contribution in [0.1, 0.15) is 15.9 Å². The molecule has 2 rings (SSSR count). The Labute approximate surface area is 126 Å². The van der Waals surface area contributed by atoms with Gasteiger partial charge in [-0.1, -0.05) is 35.9 Å². The number of carbonyl (C=O) groups excluding carboxylic acids is 1. The number of rotatable bonds is 6. The summed E-state index contributed by atoms with van der Waals surface area (Å²) in [4.78, 5) is 21.4. The van der Waals surface area contributed by atoms with Gasteiger partial charge in [0.25, 0.3) is 5.69 Å². The molecule has 2 aromatic carbocycles. The van der Waals surface area contributed by atoms with Crippen molar-refractivity contribution in [2.24, 2.45) is 0 Å². The van der Waals surface area contributed by atoms with E-state index in [-0.39, 0.29) is 12.3 Å². The summed E-state index contributed by atoms with van der Waals surface area (Å²) in [6, 6.07) is 11.3. The predicted molar refractivity (Wildman–Crippen MR) is 79.1 cm³/mol. The molecule has 0 aromatic heterocycles. The number of hydrogen-bond acceptors (Lipinski definition) is 4. The minimum absolute atomic E-state index is 0.0517. The highest BCUT2D eigenvalue weighted by atomic mass is 35.5. The lowest BCUT2D eigenvalue weighted by Gasteiger charge is -2.10. The summed E-state index contributed by atoms with van der Waals surface area (Å²) in [5, 5.41) is 11.2. The van der Waals surface area contributed by atoms with E-state index in [0.717, 1.165) is 0 Å². The Hall–Kier alpha value is -2.40. The lowest BCUT2D eigenvalue weighted by Crippen LogP contribution is -2.05. The van der Waals surface area contributed by atoms with E-state index in [0.29, 0.717) is 34.6 Å². The Morgan fingerprint density at radius 1 is 1.19 bits per heavy atom. The molecule has 108 valence electrons. The van der Waals surface area contributed by atoms with Crippen LogP contribution >= 0.6 is 11.6 Å². The van der Waals surface area contributed by atoms with Gasteiger partial charge in [0.15, 0.2) is 6.29 Å². The topological polar surface area (TPSA) is 69.4 Å². The van der Waals surface area contributed by atoms with Gasteiger partial charge in [0.2, 0.25) is 0 Å². The van der Waals surface area contributed by atoms with Gasteiger partial charge in [-0.05, 0) is 12.1 Å². The molecule has 21 heavy (non-hydrogen) atoms. The van der Waals surface area contributed by atoms with Crippen molar-refractivity contribution in [2.45, 2.75) is 6.42 Å². The number of hydrogen-bond donors (Lipinski definition) is 0. The molecule has 0 aliphatic rings. The fourth-order valence-electron chi connectivity index (χ4n) is 1.93. The van der Waals surface area contributed by atoms with Crippen LogP contribution in [0.4, 0.5) is 5.69 Å². The minimum atomic E-state index is -0.429. The van der Waals surface area contributed by atoms with Crippen LogP contribution in [0.5, 0.6) is 5.75 Å². The van der Waals surface area contributed by atoms with E-state index < -0.39 is 4.92 Å². The highest BCUT2D eigenvalue weighted by molar-refractivity contribution is 6.32. The normalized spacial score (nSPS) is 10.1. The first-order chi connectivity index (χ1) is 10.1. The van der Waals surface area contributed by atoms with Gasteiger partial charge in [0.05, 0.1) is 22.1 Å². The first kappa shape index (κ1) is 15.0. The van der Waals surface area contributed by atoms with Crippen LogP contribution in [0.15, 0.2) is 42.5 Å². The third kappa shape index (κ3) is 3.58. The molecule has 0 amide bonds. The van der Waals surface area contributed by atoms with Crippen molar-refractivity contribution in [3.05, 3.63) is 68.7 Å². The lowest BCUT2D eigenvalue weighted by molar-refractivity contribution is -0.385. The second-order valence-electron chi connectivity index (χ2n) is 4.26. The Bertz CT molecular complexity index is 672. The molecule has 0 aliphatic carbocycles. The van der Waals surface area contributed by atoms with Crippen LogP contribution in [0.25, 0.3) is 0 Å². The van der Waals surface area contributed by atoms with E-state index in [2.05, 4.69) is 0 Å². The largest absolute Gasteiger partial charge is 0.491 e. The van der Waals surface area contributed by atoms with Gasteiger partial charge < -0.3 is 4.74 Å². The smallest absolute Gasteiger partial charge is 0.272 e. The molecule has 0 saturated carbocycles. The number of benzene rings is 2. The third-order valence-electron chi connectivity index (χ3n) is 2.93. The third-order valence-corrected chi connectivity index (χ3v) is 3.23. The van der Waals surface area contributed by atoms with Gasteiger partial charge in [-0.25, -0.2) is 0 Å². The maximum atomic E-state index is 10.9. The number of halogens is 1. The monoisotopic (exact) mass is 305 g/mol. The highest BCUT2D eigenvalue weighted by Gasteiger charge is 2.13. The van der Waals surface area contributed by atoms with Gasteiger partial charge >= 0.3 is 0 Å². The molecule has 0 spiro atoms. The second-order valence-corrected chi connectivity index (χ2v) is 4.67. The molecule has 0 N–H and O–H groups in total. The van der Waals surface area contributed by atoms with E-state index in [1.165, 1.54) is 6.07 Å². The molecule has 0 radical (unpaired) electrons. The van der Waals surface area contributed by atoms with E-state index in [1.54, 1.807) is 36.4 Å². The number of nitrogens with zero attached hydrogens (tertiary/aromatic N) is 1. The van der Waals surface area contributed by atoms with E-state index in [9.17, 15) is 14.9 Å². The summed E-state index contributed by atoms with van der Waals surface area (Å²) in [6.45, 7) is 0.190. The van der Waals surface area contributed by atoms with Gasteiger partial charge in [-0.3, -0.25) is 14.9 Å². The Morgan fingerprint density at radius 3 is 2.67 bits per heavy atom. The number of carbonyl (C=O) groups is 1. The summed E-state index contributed by atoms with van der Waals surface area (Å²) in [6.07, 6.45) is 1.01. The van der Waals surface area contributed by atoms with Crippen molar-refractivity contribution in [3.8, 4) is 5.75 Å². The summed E-state index contributed by atoms with van der Waals surface area (Å²) in [5.41, 5.74) is 0.975. The van der Waals surface area contributed by atoms with Crippen molar-refractivity contribution >= 4 is 23.6 Å². The van der Waals surface area contributed by atoms with Crippen LogP contribution in [0.3, 0.4) is 0 Å². The molecular weight excluding hydrogens is 294 g/mol. The molecular formula is C15H12ClNO4. The molecule has 0 aliphatic heterocycles. The molecule has 0 unspecified atom stereocenters. The standard InChI is InChI=1S/C15H12ClNO4/c16-13-6-3-5-12(10-18)15(13)21-9-8-11-4-1-2-7-14(11)17(19)20/h1-7,10H,8-9H2. The molecule has 0 atom stereocenters. The fraction of sp³-hybridized carbons (Fsp3) is 0.133. The molecule has 0 saturated heterocycles. The molecule has 0 bridgehead atoms. The van der Waals surface area contributed by atoms with Crippen molar-refractivity contribution in [2.75, 3.05) is 6.61 Å². The van der Waals surface area contributed by atoms with Crippen LogP contribution < -0.4 is 4.74 Å². The zero-order chi connectivity index (χ0) is 15.2. The number of para-hydroxylation sites is 2. The van der Waals surface area contributed by atoms with Crippen molar-refractivity contribution in [1.29, 1.82) is 0 Å². The van der Waals surface area contributed by atoms with Crippen molar-refractivity contribution in [3.63, 3.8) is 0 Å². The maximum Gasteiger partial charge on any atom is 0.272 e. The Kier molecular flexibility index (Phi) is 4.90. The van der Waals surface area contributed by atoms with Crippen LogP contribution in [0.2, 0.25) is 5.02 Å². The number of nitro benzene ring substituents is 1. The summed E-state index contributed by atoms with van der Waals surface area (Å²) in [5.74, 6) is 0.299. The summed E-state index contributed by atoms with van der Waals surface area (Å²) >= 11 is 5.98. The van der Waals surface area contributed by atoms with Gasteiger partial charge in [0.1, 0.15) is 5.75 Å². The quantitative estimate of drug-likeness (QED) is 0.464. The van der Waals surface area contributed by atoms with E-state index in [1.807, 2.05) is 0 Å². The van der Waals surface area contributed by atoms with E-state index >= 15 is 0 Å². The van der Waals surface area contributed by atoms with Crippen molar-refractivity contribution < 1.29 is 14.5 Å². The first-order valence-electron chi connectivity index (χ1n) is 6.22. The number of ether oxygens (including phenoxy) is 1. The zero-order valence-corrected chi connectivity index (χ0v) is 11.7. The molecule has 0 heterocycles. The Balaban J connectivity index is 2.09. The predicted octanol–water partition coefficient (Wildman–Crippen LogP) is 3.68. The Morgan fingerprint density at radius 2 is 1.95 bits per heavy atom. The maximum absolute atomic E-state index is 10.9. The molecule has 5 nitrogen and oxygen atoms in total. The summed E-state index contributed by atoms with van der Waals surface area (Å²) < 4.78 is 5.51. The summed E-state index contributed by atoms with van der Waals surface area (Å²) in [7, 11) is 0. The molecule has 6 heteroatoms. The number of nitro groups is 1. The van der Waals surface area contributed by atoms with Gasteiger partial charge in [-0.15, -0.1) is 0 Å². The zero-order valence-electron chi connectivity index (χ0n) is 11.0. The van der Waals surface area contributed by atoms with Crippen LogP contribution in [-0.2, 0) is 6.42 Å². The lowest BCUT2D eigenvalue weighted by atomic mass is 10.1. The van der Waals surface area contributed by atoms with E-state index in [4.69, 9.17) is 16.3 Å². The highest BCUT2D eigenvalue weighted by Crippen LogP contribution is 2.28. The SMILES string of the molecule is O=Cc1cccc(Cl)c1OCCc1ccccc1[N+](=O)[O-]. The van der Waals surface area contributed by atoms with Gasteiger partial charge in [-0.2, -0.15) is 0 Å². The average Bonchev–Trinajstić information content (AvgIpc) is 2.49. The van der Waals surface area contributed by atoms with Crippen LogP contribution in [-0.4, -0.2) is 17.8 Å². The van der Waals surface area contributed by atoms with Crippen molar-refractivity contribution in [1.82, 2.24) is 0 Å². The fourth-order valence-corrected chi connectivity index (χ4v) is 2.17. The second kappa shape index (κ2) is 6.85. The first-order valence-corrected chi connectivity index (χ1v) is 6.60. The minimum Gasteiger partial charge on any atom is -0.491 e. The number of aldehydes is 1. The average molecular weight is 306 g/mol.